The first-order valence-electron chi connectivity index (χ1n) is 7.13. The molecule has 2 bridgehead atoms. The van der Waals surface area contributed by atoms with Crippen molar-refractivity contribution in [3.63, 3.8) is 0 Å². The van der Waals surface area contributed by atoms with Crippen molar-refractivity contribution in [3.05, 3.63) is 29.8 Å². The second-order valence-corrected chi connectivity index (χ2v) is 8.49. The Morgan fingerprint density at radius 1 is 1.25 bits per heavy atom. The topological polar surface area (TPSA) is 46.6 Å². The van der Waals surface area contributed by atoms with Crippen molar-refractivity contribution in [1.29, 1.82) is 0 Å². The van der Waals surface area contributed by atoms with Crippen LogP contribution < -0.4 is 0 Å². The molecular formula is C15H19NO3S. The summed E-state index contributed by atoms with van der Waals surface area (Å²) in [5, 5.41) is 0. The molecule has 1 saturated carbocycles. The Morgan fingerprint density at radius 3 is 2.65 bits per heavy atom. The lowest BCUT2D eigenvalue weighted by atomic mass is 9.95. The molecule has 0 amide bonds. The molecule has 5 heteroatoms. The number of hydrogen-bond acceptors (Lipinski definition) is 3. The van der Waals surface area contributed by atoms with E-state index in [0.717, 1.165) is 12.0 Å². The van der Waals surface area contributed by atoms with E-state index in [2.05, 4.69) is 6.92 Å². The number of fused-ring (bicyclic) bond motifs is 2. The summed E-state index contributed by atoms with van der Waals surface area (Å²) in [5.74, 6) is 1.03. The largest absolute Gasteiger partial charge is 0.362 e. The fraction of sp³-hybridized carbons (Fsp3) is 0.600. The molecule has 1 aromatic carbocycles. The van der Waals surface area contributed by atoms with Crippen LogP contribution in [0.5, 0.6) is 0 Å². The van der Waals surface area contributed by atoms with E-state index in [9.17, 15) is 8.42 Å². The number of hydrogen-bond donors (Lipinski definition) is 0. The third kappa shape index (κ3) is 1.57. The average Bonchev–Trinajstić information content (AvgIpc) is 3.07. The molecule has 4 nitrogen and oxygen atoms in total. The van der Waals surface area contributed by atoms with Crippen molar-refractivity contribution >= 4 is 10.0 Å². The van der Waals surface area contributed by atoms with Crippen molar-refractivity contribution in [3.8, 4) is 0 Å². The molecule has 0 aromatic heterocycles. The summed E-state index contributed by atoms with van der Waals surface area (Å²) in [7, 11) is -3.44. The maximum atomic E-state index is 12.8. The Kier molecular flexibility index (Phi) is 2.46. The van der Waals surface area contributed by atoms with E-state index in [4.69, 9.17) is 4.74 Å². The minimum Gasteiger partial charge on any atom is -0.362 e. The summed E-state index contributed by atoms with van der Waals surface area (Å²) in [4.78, 5) is 0.374. The Bertz CT molecular complexity index is 654. The van der Waals surface area contributed by atoms with Gasteiger partial charge in [0.2, 0.25) is 10.0 Å². The summed E-state index contributed by atoms with van der Waals surface area (Å²) in [6.07, 6.45) is 0.564. The lowest BCUT2D eigenvalue weighted by Crippen LogP contribution is -2.48. The molecule has 1 aliphatic carbocycles. The van der Waals surface area contributed by atoms with Gasteiger partial charge in [-0.15, -0.1) is 0 Å². The van der Waals surface area contributed by atoms with Gasteiger partial charge in [-0.2, -0.15) is 4.31 Å². The van der Waals surface area contributed by atoms with Crippen molar-refractivity contribution in [2.24, 2.45) is 17.3 Å². The van der Waals surface area contributed by atoms with Gasteiger partial charge in [-0.25, -0.2) is 8.42 Å². The first kappa shape index (κ1) is 12.8. The predicted molar refractivity (Wildman–Crippen MR) is 74.5 cm³/mol. The number of rotatable bonds is 2. The van der Waals surface area contributed by atoms with Crippen LogP contribution in [0.4, 0.5) is 0 Å². The van der Waals surface area contributed by atoms with Crippen LogP contribution in [0, 0.1) is 24.2 Å². The first-order chi connectivity index (χ1) is 9.43. The molecule has 2 aliphatic heterocycles. The molecule has 1 aromatic rings. The highest BCUT2D eigenvalue weighted by Crippen LogP contribution is 2.67. The quantitative estimate of drug-likeness (QED) is 0.838. The number of aryl methyl sites for hydroxylation is 1. The van der Waals surface area contributed by atoms with Gasteiger partial charge in [-0.3, -0.25) is 0 Å². The molecule has 3 aliphatic rings. The van der Waals surface area contributed by atoms with Crippen LogP contribution in [0.2, 0.25) is 0 Å². The SMILES string of the molecule is Cc1ccc(S(=O)(=O)N2CC3C4COC2CC43C)cc1. The van der Waals surface area contributed by atoms with Crippen LogP contribution >= 0.6 is 0 Å². The monoisotopic (exact) mass is 293 g/mol. The van der Waals surface area contributed by atoms with Gasteiger partial charge in [0.05, 0.1) is 11.5 Å². The van der Waals surface area contributed by atoms with Crippen molar-refractivity contribution in [2.75, 3.05) is 13.2 Å². The van der Waals surface area contributed by atoms with E-state index in [0.29, 0.717) is 35.3 Å². The van der Waals surface area contributed by atoms with Gasteiger partial charge in [0.15, 0.2) is 0 Å². The normalized spacial score (nSPS) is 39.6. The second-order valence-electron chi connectivity index (χ2n) is 6.60. The zero-order valence-corrected chi connectivity index (χ0v) is 12.6. The molecule has 4 atom stereocenters. The Morgan fingerprint density at radius 2 is 1.95 bits per heavy atom. The summed E-state index contributed by atoms with van der Waals surface area (Å²) in [6.45, 7) is 5.55. The summed E-state index contributed by atoms with van der Waals surface area (Å²) in [6, 6.07) is 7.07. The number of benzene rings is 1. The smallest absolute Gasteiger partial charge is 0.245 e. The highest BCUT2D eigenvalue weighted by Gasteiger charge is 2.68. The minimum absolute atomic E-state index is 0.277. The maximum Gasteiger partial charge on any atom is 0.245 e. The van der Waals surface area contributed by atoms with E-state index < -0.39 is 10.0 Å². The van der Waals surface area contributed by atoms with Crippen molar-refractivity contribution in [1.82, 2.24) is 4.31 Å². The minimum atomic E-state index is -3.44. The molecular weight excluding hydrogens is 274 g/mol. The molecule has 0 radical (unpaired) electrons. The van der Waals surface area contributed by atoms with Gasteiger partial charge >= 0.3 is 0 Å². The lowest BCUT2D eigenvalue weighted by Gasteiger charge is -2.37. The maximum absolute atomic E-state index is 12.8. The van der Waals surface area contributed by atoms with Crippen LogP contribution in [0.15, 0.2) is 29.2 Å². The van der Waals surface area contributed by atoms with E-state index in [1.54, 1.807) is 16.4 Å². The Labute approximate surface area is 119 Å². The molecule has 4 unspecified atom stereocenters. The van der Waals surface area contributed by atoms with Gasteiger partial charge in [-0.1, -0.05) is 24.6 Å². The van der Waals surface area contributed by atoms with Gasteiger partial charge in [0.1, 0.15) is 6.23 Å². The number of nitrogens with zero attached hydrogens (tertiary/aromatic N) is 1. The van der Waals surface area contributed by atoms with Crippen LogP contribution in [0.1, 0.15) is 18.9 Å². The van der Waals surface area contributed by atoms with E-state index in [1.165, 1.54) is 0 Å². The van der Waals surface area contributed by atoms with E-state index in [1.807, 2.05) is 19.1 Å². The third-order valence-electron chi connectivity index (χ3n) is 5.48. The van der Waals surface area contributed by atoms with Crippen LogP contribution in [-0.2, 0) is 14.8 Å². The number of sulfonamides is 1. The molecule has 108 valence electrons. The van der Waals surface area contributed by atoms with Gasteiger partial charge in [-0.05, 0) is 42.7 Å². The first-order valence-corrected chi connectivity index (χ1v) is 8.57. The highest BCUT2D eigenvalue weighted by atomic mass is 32.2. The Balaban J connectivity index is 1.69. The highest BCUT2D eigenvalue weighted by molar-refractivity contribution is 7.89. The van der Waals surface area contributed by atoms with Crippen molar-refractivity contribution < 1.29 is 13.2 Å². The zero-order chi connectivity index (χ0) is 14.1. The standard InChI is InChI=1S/C15H19NO3S/c1-10-3-5-11(6-4-10)20(17,18)16-8-12-13-9-19-14(16)7-15(12,13)2/h3-6,12-14H,7-9H2,1-2H3. The fourth-order valence-corrected chi connectivity index (χ4v) is 5.51. The lowest BCUT2D eigenvalue weighted by molar-refractivity contribution is -0.0728. The van der Waals surface area contributed by atoms with Gasteiger partial charge in [0.25, 0.3) is 0 Å². The predicted octanol–water partition coefficient (Wildman–Crippen LogP) is 2.00. The van der Waals surface area contributed by atoms with Crippen LogP contribution in [0.25, 0.3) is 0 Å². The third-order valence-corrected chi connectivity index (χ3v) is 7.35. The fourth-order valence-electron chi connectivity index (χ4n) is 3.95. The number of ether oxygens (including phenoxy) is 1. The van der Waals surface area contributed by atoms with Crippen LogP contribution in [0.3, 0.4) is 0 Å². The second kappa shape index (κ2) is 3.84. The van der Waals surface area contributed by atoms with Gasteiger partial charge < -0.3 is 4.74 Å². The molecule has 0 spiro atoms. The molecule has 0 N–H and O–H groups in total. The average molecular weight is 293 g/mol. The number of piperidine rings is 1. The summed E-state index contributed by atoms with van der Waals surface area (Å²) in [5.41, 5.74) is 1.39. The molecule has 20 heavy (non-hydrogen) atoms. The molecule has 2 saturated heterocycles. The van der Waals surface area contributed by atoms with Crippen molar-refractivity contribution in [2.45, 2.75) is 31.4 Å². The summed E-state index contributed by atoms with van der Waals surface area (Å²) < 4.78 is 33.0. The summed E-state index contributed by atoms with van der Waals surface area (Å²) >= 11 is 0. The Hall–Kier alpha value is -0.910. The van der Waals surface area contributed by atoms with E-state index in [-0.39, 0.29) is 6.23 Å². The molecule has 2 heterocycles. The molecule has 4 rings (SSSR count). The van der Waals surface area contributed by atoms with E-state index >= 15 is 0 Å². The molecule has 3 fully saturated rings. The van der Waals surface area contributed by atoms with Crippen LogP contribution in [-0.4, -0.2) is 32.1 Å². The van der Waals surface area contributed by atoms with Gasteiger partial charge in [0, 0.05) is 6.54 Å². The zero-order valence-electron chi connectivity index (χ0n) is 11.7.